The Morgan fingerprint density at radius 3 is 1.82 bits per heavy atom. The Morgan fingerprint density at radius 1 is 0.941 bits per heavy atom. The van der Waals surface area contributed by atoms with Crippen molar-refractivity contribution in [2.24, 2.45) is 0 Å². The molecule has 0 bridgehead atoms. The van der Waals surface area contributed by atoms with Crippen LogP contribution in [0.2, 0.25) is 5.04 Å². The molecule has 0 saturated carbocycles. The third-order valence-electron chi connectivity index (χ3n) is 5.69. The molecular weight excluding hydrogens is 444 g/mol. The lowest BCUT2D eigenvalue weighted by atomic mass is 10.1. The Bertz CT molecular complexity index is 926. The van der Waals surface area contributed by atoms with Gasteiger partial charge in [0.2, 0.25) is 0 Å². The van der Waals surface area contributed by atoms with E-state index >= 15 is 0 Å². The molecule has 0 heterocycles. The van der Waals surface area contributed by atoms with Gasteiger partial charge in [0.05, 0.1) is 6.10 Å². The van der Waals surface area contributed by atoms with Gasteiger partial charge in [-0.1, -0.05) is 94.6 Å². The number of esters is 2. The first-order valence-corrected chi connectivity index (χ1v) is 13.4. The predicted molar refractivity (Wildman–Crippen MR) is 139 cm³/mol. The zero-order chi connectivity index (χ0) is 25.4. The Morgan fingerprint density at radius 2 is 1.44 bits per heavy atom. The highest BCUT2D eigenvalue weighted by molar-refractivity contribution is 6.99. The summed E-state index contributed by atoms with van der Waals surface area (Å²) >= 11 is 0. The van der Waals surface area contributed by atoms with Crippen LogP contribution in [0.3, 0.4) is 0 Å². The summed E-state index contributed by atoms with van der Waals surface area (Å²) in [7, 11) is -2.96. The van der Waals surface area contributed by atoms with E-state index in [1.807, 2.05) is 36.4 Å². The third-order valence-corrected chi connectivity index (χ3v) is 10.8. The van der Waals surface area contributed by atoms with Crippen LogP contribution in [-0.4, -0.2) is 38.6 Å². The summed E-state index contributed by atoms with van der Waals surface area (Å²) in [6, 6.07) is 20.4. The van der Waals surface area contributed by atoms with Crippen molar-refractivity contribution >= 4 is 30.6 Å². The number of hydrogen-bond acceptors (Lipinski definition) is 5. The molecule has 2 aromatic rings. The van der Waals surface area contributed by atoms with Gasteiger partial charge >= 0.3 is 11.9 Å². The van der Waals surface area contributed by atoms with Crippen molar-refractivity contribution in [3.05, 3.63) is 86.0 Å². The maximum absolute atomic E-state index is 12.1. The van der Waals surface area contributed by atoms with Crippen molar-refractivity contribution in [1.29, 1.82) is 0 Å². The van der Waals surface area contributed by atoms with Crippen LogP contribution in [0, 0.1) is 0 Å². The summed E-state index contributed by atoms with van der Waals surface area (Å²) in [6.45, 7) is 17.1. The number of carbonyl (C=O) groups excluding carboxylic acids is 2. The molecule has 0 unspecified atom stereocenters. The lowest BCUT2D eigenvalue weighted by Crippen LogP contribution is -2.68. The number of carbonyl (C=O) groups is 2. The molecule has 3 atom stereocenters. The molecule has 0 aliphatic heterocycles. The molecule has 0 amide bonds. The van der Waals surface area contributed by atoms with E-state index in [-0.39, 0.29) is 11.0 Å². The van der Waals surface area contributed by atoms with Crippen LogP contribution < -0.4 is 10.4 Å². The summed E-state index contributed by atoms with van der Waals surface area (Å²) in [4.78, 5) is 23.7. The van der Waals surface area contributed by atoms with Crippen molar-refractivity contribution < 1.29 is 23.5 Å². The van der Waals surface area contributed by atoms with Crippen LogP contribution in [0.25, 0.3) is 0 Å². The van der Waals surface area contributed by atoms with Crippen LogP contribution >= 0.6 is 0 Å². The van der Waals surface area contributed by atoms with E-state index in [0.717, 1.165) is 16.4 Å². The average Bonchev–Trinajstić information content (AvgIpc) is 2.79. The lowest BCUT2D eigenvalue weighted by Gasteiger charge is -2.46. The Labute approximate surface area is 204 Å². The van der Waals surface area contributed by atoms with Crippen LogP contribution in [0.1, 0.15) is 41.0 Å². The van der Waals surface area contributed by atoms with E-state index < -0.39 is 32.6 Å². The van der Waals surface area contributed by atoms with E-state index in [4.69, 9.17) is 13.9 Å². The molecule has 0 saturated heterocycles. The average molecular weight is 481 g/mol. The number of benzene rings is 2. The topological polar surface area (TPSA) is 61.8 Å². The summed E-state index contributed by atoms with van der Waals surface area (Å²) in [5, 5.41) is 1.90. The van der Waals surface area contributed by atoms with Gasteiger partial charge in [-0.15, -0.1) is 0 Å². The highest BCUT2D eigenvalue weighted by Gasteiger charge is 2.52. The summed E-state index contributed by atoms with van der Waals surface area (Å²) < 4.78 is 18.2. The second-order valence-electron chi connectivity index (χ2n) is 9.32. The third kappa shape index (κ3) is 6.55. The Kier molecular flexibility index (Phi) is 9.59. The van der Waals surface area contributed by atoms with Gasteiger partial charge < -0.3 is 13.9 Å². The van der Waals surface area contributed by atoms with Crippen LogP contribution in [0.5, 0.6) is 0 Å². The summed E-state index contributed by atoms with van der Waals surface area (Å²) in [5.74, 6) is -0.948. The summed E-state index contributed by atoms with van der Waals surface area (Å²) in [5.41, 5.74) is 0. The second-order valence-corrected chi connectivity index (χ2v) is 13.6. The zero-order valence-electron chi connectivity index (χ0n) is 20.8. The van der Waals surface area contributed by atoms with Crippen molar-refractivity contribution in [3.63, 3.8) is 0 Å². The van der Waals surface area contributed by atoms with Crippen LogP contribution in [0.15, 0.2) is 86.0 Å². The smallest absolute Gasteiger partial charge is 0.330 e. The van der Waals surface area contributed by atoms with Crippen molar-refractivity contribution in [2.45, 2.75) is 64.4 Å². The van der Waals surface area contributed by atoms with Gasteiger partial charge in [0.15, 0.2) is 0 Å². The normalized spacial score (nSPS) is 14.4. The minimum atomic E-state index is -2.96. The fourth-order valence-corrected chi connectivity index (χ4v) is 8.98. The molecule has 0 aliphatic carbocycles. The highest BCUT2D eigenvalue weighted by atomic mass is 28.4. The van der Waals surface area contributed by atoms with E-state index in [9.17, 15) is 9.59 Å². The molecular formula is C28H36O5Si. The molecule has 5 nitrogen and oxygen atoms in total. The first kappa shape index (κ1) is 27.3. The van der Waals surface area contributed by atoms with Gasteiger partial charge in [-0.05, 0) is 28.4 Å². The molecule has 0 N–H and O–H groups in total. The van der Waals surface area contributed by atoms with E-state index in [1.165, 1.54) is 6.92 Å². The molecule has 2 aromatic carbocycles. The molecule has 0 spiro atoms. The number of rotatable bonds is 11. The van der Waals surface area contributed by atoms with Crippen molar-refractivity contribution in [1.82, 2.24) is 0 Å². The van der Waals surface area contributed by atoms with E-state index in [2.05, 4.69) is 58.2 Å². The quantitative estimate of drug-likeness (QED) is 0.204. The maximum Gasteiger partial charge on any atom is 0.330 e. The van der Waals surface area contributed by atoms with Crippen LogP contribution in [-0.2, 0) is 23.5 Å². The van der Waals surface area contributed by atoms with E-state index in [0.29, 0.717) is 6.42 Å². The van der Waals surface area contributed by atoms with Gasteiger partial charge in [0, 0.05) is 19.4 Å². The maximum atomic E-state index is 12.1. The highest BCUT2D eigenvalue weighted by Crippen LogP contribution is 2.38. The van der Waals surface area contributed by atoms with Crippen molar-refractivity contribution in [2.75, 3.05) is 0 Å². The molecule has 182 valence electrons. The zero-order valence-corrected chi connectivity index (χ0v) is 21.8. The minimum Gasteiger partial charge on any atom is -0.463 e. The molecule has 0 fully saturated rings. The molecule has 6 heteroatoms. The van der Waals surface area contributed by atoms with Gasteiger partial charge in [0.1, 0.15) is 12.2 Å². The van der Waals surface area contributed by atoms with Gasteiger partial charge in [-0.3, -0.25) is 4.79 Å². The predicted octanol–water partition coefficient (Wildman–Crippen LogP) is 4.56. The molecule has 0 aromatic heterocycles. The molecule has 0 aliphatic rings. The van der Waals surface area contributed by atoms with Gasteiger partial charge in [0.25, 0.3) is 8.32 Å². The number of ether oxygens (including phenoxy) is 2. The van der Waals surface area contributed by atoms with Gasteiger partial charge in [-0.2, -0.15) is 0 Å². The van der Waals surface area contributed by atoms with Gasteiger partial charge in [-0.25, -0.2) is 4.79 Å². The number of hydrogen-bond donors (Lipinski definition) is 0. The molecule has 0 radical (unpaired) electrons. The fourth-order valence-electron chi connectivity index (χ4n) is 4.28. The SMILES string of the molecule is C=CC(=O)O[C@@H](C=C)[C@H](C[C@@H](C)OC(C)=O)O[Si](c1ccccc1)(c1ccccc1)C(C)(C)C. The first-order chi connectivity index (χ1) is 16.0. The van der Waals surface area contributed by atoms with Crippen molar-refractivity contribution in [3.8, 4) is 0 Å². The largest absolute Gasteiger partial charge is 0.463 e. The van der Waals surface area contributed by atoms with E-state index in [1.54, 1.807) is 13.0 Å². The molecule has 2 rings (SSSR count). The molecule has 34 heavy (non-hydrogen) atoms. The fraction of sp³-hybridized carbons (Fsp3) is 0.357. The van der Waals surface area contributed by atoms with Crippen LogP contribution in [0.4, 0.5) is 0 Å². The second kappa shape index (κ2) is 11.9. The standard InChI is InChI=1S/C28H36O5Si/c1-8-25(32-27(30)9-2)26(20-21(3)31-22(4)29)33-34(28(5,6)7,23-16-12-10-13-17-23)24-18-14-11-15-19-24/h8-19,21,25-26H,1-2,20H2,3-7H3/t21-,25+,26+/m1/s1. The first-order valence-electron chi connectivity index (χ1n) is 11.5. The monoisotopic (exact) mass is 480 g/mol. The summed E-state index contributed by atoms with van der Waals surface area (Å²) in [6.07, 6.45) is 1.18. The lowest BCUT2D eigenvalue weighted by molar-refractivity contribution is -0.151. The minimum absolute atomic E-state index is 0.285. The Balaban J connectivity index is 2.69. The Hall–Kier alpha value is -2.96.